The first-order valence-electron chi connectivity index (χ1n) is 6.45. The van der Waals surface area contributed by atoms with Gasteiger partial charge in [-0.15, -0.1) is 0 Å². The van der Waals surface area contributed by atoms with Crippen LogP contribution in [-0.2, 0) is 6.54 Å². The van der Waals surface area contributed by atoms with Crippen molar-refractivity contribution in [3.05, 3.63) is 51.0 Å². The Labute approximate surface area is 138 Å². The molecule has 21 heavy (non-hydrogen) atoms. The van der Waals surface area contributed by atoms with Gasteiger partial charge in [0.2, 0.25) is 0 Å². The summed E-state index contributed by atoms with van der Waals surface area (Å²) in [4.78, 5) is 0. The van der Waals surface area contributed by atoms with Crippen molar-refractivity contribution in [2.24, 2.45) is 0 Å². The molecule has 0 heterocycles. The summed E-state index contributed by atoms with van der Waals surface area (Å²) in [6, 6.07) is 9.93. The Balaban J connectivity index is 2.18. The number of ether oxygens (including phenoxy) is 2. The molecule has 0 aromatic heterocycles. The van der Waals surface area contributed by atoms with E-state index in [2.05, 4.69) is 34.2 Å². The van der Waals surface area contributed by atoms with E-state index in [1.165, 1.54) is 5.56 Å². The monoisotopic (exact) mass is 369 g/mol. The Morgan fingerprint density at radius 1 is 1.14 bits per heavy atom. The van der Waals surface area contributed by atoms with Crippen molar-refractivity contribution < 1.29 is 9.47 Å². The normalized spacial score (nSPS) is 10.3. The van der Waals surface area contributed by atoms with E-state index in [0.717, 1.165) is 15.7 Å². The molecule has 2 aromatic carbocycles. The smallest absolute Gasteiger partial charge is 0.179 e. The molecular weight excluding hydrogens is 354 g/mol. The third-order valence-electron chi connectivity index (χ3n) is 3.16. The number of methoxy groups -OCH3 is 2. The van der Waals surface area contributed by atoms with Crippen LogP contribution in [0, 0.1) is 6.92 Å². The van der Waals surface area contributed by atoms with Gasteiger partial charge in [0.25, 0.3) is 0 Å². The van der Waals surface area contributed by atoms with Gasteiger partial charge in [0.05, 0.1) is 19.2 Å². The van der Waals surface area contributed by atoms with Crippen molar-refractivity contribution in [2.75, 3.05) is 19.5 Å². The van der Waals surface area contributed by atoms with Crippen molar-refractivity contribution in [3.63, 3.8) is 0 Å². The maximum absolute atomic E-state index is 6.21. The van der Waals surface area contributed by atoms with Crippen LogP contribution in [-0.4, -0.2) is 14.2 Å². The molecule has 0 unspecified atom stereocenters. The summed E-state index contributed by atoms with van der Waals surface area (Å²) in [5.41, 5.74) is 3.29. The lowest BCUT2D eigenvalue weighted by molar-refractivity contribution is 0.355. The lowest BCUT2D eigenvalue weighted by Crippen LogP contribution is -2.02. The third-order valence-corrected chi connectivity index (χ3v) is 3.94. The zero-order valence-electron chi connectivity index (χ0n) is 12.2. The molecule has 5 heteroatoms. The predicted molar refractivity (Wildman–Crippen MR) is 90.8 cm³/mol. The highest BCUT2D eigenvalue weighted by molar-refractivity contribution is 9.10. The second-order valence-electron chi connectivity index (χ2n) is 4.63. The van der Waals surface area contributed by atoms with E-state index >= 15 is 0 Å². The Bertz CT molecular complexity index is 646. The summed E-state index contributed by atoms with van der Waals surface area (Å²) in [6.45, 7) is 2.72. The summed E-state index contributed by atoms with van der Waals surface area (Å²) < 4.78 is 11.6. The molecule has 0 amide bonds. The van der Waals surface area contributed by atoms with Crippen LogP contribution in [0.1, 0.15) is 11.1 Å². The second-order valence-corrected chi connectivity index (χ2v) is 5.95. The molecule has 2 aromatic rings. The molecule has 0 aliphatic carbocycles. The fourth-order valence-corrected chi connectivity index (χ4v) is 2.88. The van der Waals surface area contributed by atoms with Gasteiger partial charge in [0, 0.05) is 16.7 Å². The van der Waals surface area contributed by atoms with Gasteiger partial charge in [0.1, 0.15) is 0 Å². The first kappa shape index (κ1) is 16.0. The van der Waals surface area contributed by atoms with Crippen molar-refractivity contribution >= 4 is 33.2 Å². The molecule has 0 aliphatic rings. The SMILES string of the molecule is COc1cc(CNc2ccc(Br)cc2C)cc(Cl)c1OC. The van der Waals surface area contributed by atoms with Gasteiger partial charge in [-0.05, 0) is 48.4 Å². The largest absolute Gasteiger partial charge is 0.493 e. The number of benzene rings is 2. The van der Waals surface area contributed by atoms with E-state index in [1.54, 1.807) is 14.2 Å². The lowest BCUT2D eigenvalue weighted by atomic mass is 10.1. The molecule has 2 rings (SSSR count). The predicted octanol–water partition coefficient (Wildman–Crippen LogP) is 5.04. The number of rotatable bonds is 5. The molecule has 0 radical (unpaired) electrons. The Morgan fingerprint density at radius 3 is 2.52 bits per heavy atom. The van der Waals surface area contributed by atoms with Crippen LogP contribution >= 0.6 is 27.5 Å². The fourth-order valence-electron chi connectivity index (χ4n) is 2.10. The van der Waals surface area contributed by atoms with E-state index in [1.807, 2.05) is 24.3 Å². The molecular formula is C16H17BrClNO2. The third kappa shape index (κ3) is 3.83. The van der Waals surface area contributed by atoms with Crippen LogP contribution in [0.4, 0.5) is 5.69 Å². The molecule has 0 saturated carbocycles. The highest BCUT2D eigenvalue weighted by Crippen LogP contribution is 2.36. The summed E-state index contributed by atoms with van der Waals surface area (Å²) in [7, 11) is 3.18. The standard InChI is InChI=1S/C16H17BrClNO2/c1-10-6-12(17)4-5-14(10)19-9-11-7-13(18)16(21-3)15(8-11)20-2/h4-8,19H,9H2,1-3H3. The Hall–Kier alpha value is -1.39. The topological polar surface area (TPSA) is 30.5 Å². The van der Waals surface area contributed by atoms with Crippen LogP contribution in [0.2, 0.25) is 5.02 Å². The zero-order valence-corrected chi connectivity index (χ0v) is 14.5. The molecule has 0 fully saturated rings. The molecule has 112 valence electrons. The van der Waals surface area contributed by atoms with Gasteiger partial charge in [0.15, 0.2) is 11.5 Å². The van der Waals surface area contributed by atoms with Gasteiger partial charge >= 0.3 is 0 Å². The van der Waals surface area contributed by atoms with Gasteiger partial charge in [-0.2, -0.15) is 0 Å². The van der Waals surface area contributed by atoms with E-state index in [0.29, 0.717) is 23.1 Å². The molecule has 0 spiro atoms. The van der Waals surface area contributed by atoms with Crippen LogP contribution in [0.3, 0.4) is 0 Å². The Morgan fingerprint density at radius 2 is 1.90 bits per heavy atom. The van der Waals surface area contributed by atoms with Crippen LogP contribution in [0.15, 0.2) is 34.8 Å². The average molecular weight is 371 g/mol. The van der Waals surface area contributed by atoms with E-state index < -0.39 is 0 Å². The molecule has 3 nitrogen and oxygen atoms in total. The Kier molecular flexibility index (Phi) is 5.37. The summed E-state index contributed by atoms with van der Waals surface area (Å²) in [5.74, 6) is 1.19. The molecule has 0 atom stereocenters. The number of aryl methyl sites for hydroxylation is 1. The molecule has 0 bridgehead atoms. The summed E-state index contributed by atoms with van der Waals surface area (Å²) in [6.07, 6.45) is 0. The zero-order chi connectivity index (χ0) is 15.4. The van der Waals surface area contributed by atoms with E-state index in [4.69, 9.17) is 21.1 Å². The quantitative estimate of drug-likeness (QED) is 0.800. The maximum atomic E-state index is 6.21. The van der Waals surface area contributed by atoms with Gasteiger partial charge < -0.3 is 14.8 Å². The van der Waals surface area contributed by atoms with Gasteiger partial charge in [-0.3, -0.25) is 0 Å². The van der Waals surface area contributed by atoms with E-state index in [-0.39, 0.29) is 0 Å². The highest BCUT2D eigenvalue weighted by Gasteiger charge is 2.11. The van der Waals surface area contributed by atoms with Crippen molar-refractivity contribution in [1.29, 1.82) is 0 Å². The van der Waals surface area contributed by atoms with Crippen LogP contribution in [0.25, 0.3) is 0 Å². The first-order valence-corrected chi connectivity index (χ1v) is 7.62. The van der Waals surface area contributed by atoms with Crippen molar-refractivity contribution in [1.82, 2.24) is 0 Å². The lowest BCUT2D eigenvalue weighted by Gasteiger charge is -2.14. The number of halogens is 2. The van der Waals surface area contributed by atoms with Gasteiger partial charge in [-0.1, -0.05) is 27.5 Å². The summed E-state index contributed by atoms with van der Waals surface area (Å²) in [5, 5.41) is 3.94. The molecule has 0 saturated heterocycles. The number of hydrogen-bond donors (Lipinski definition) is 1. The summed E-state index contributed by atoms with van der Waals surface area (Å²) >= 11 is 9.67. The minimum absolute atomic E-state index is 0.543. The van der Waals surface area contributed by atoms with E-state index in [9.17, 15) is 0 Å². The first-order chi connectivity index (χ1) is 10.0. The molecule has 0 aliphatic heterocycles. The highest BCUT2D eigenvalue weighted by atomic mass is 79.9. The van der Waals surface area contributed by atoms with Crippen LogP contribution < -0.4 is 14.8 Å². The number of anilines is 1. The minimum atomic E-state index is 0.543. The second kappa shape index (κ2) is 7.05. The van der Waals surface area contributed by atoms with Crippen LogP contribution in [0.5, 0.6) is 11.5 Å². The average Bonchev–Trinajstić information content (AvgIpc) is 2.45. The minimum Gasteiger partial charge on any atom is -0.493 e. The van der Waals surface area contributed by atoms with Crippen molar-refractivity contribution in [2.45, 2.75) is 13.5 Å². The fraction of sp³-hybridized carbons (Fsp3) is 0.250. The number of hydrogen-bond acceptors (Lipinski definition) is 3. The number of nitrogens with one attached hydrogen (secondary N) is 1. The molecule has 1 N–H and O–H groups in total. The van der Waals surface area contributed by atoms with Gasteiger partial charge in [-0.25, -0.2) is 0 Å². The van der Waals surface area contributed by atoms with Crippen molar-refractivity contribution in [3.8, 4) is 11.5 Å². The maximum Gasteiger partial charge on any atom is 0.179 e.